The van der Waals surface area contributed by atoms with Crippen molar-refractivity contribution in [1.82, 2.24) is 0 Å². The molecule has 1 aliphatic rings. The molecule has 3 heteroatoms. The van der Waals surface area contributed by atoms with Crippen LogP contribution in [0.4, 0.5) is 0 Å². The van der Waals surface area contributed by atoms with Crippen molar-refractivity contribution in [2.24, 2.45) is 17.6 Å². The first-order chi connectivity index (χ1) is 11.1. The van der Waals surface area contributed by atoms with Crippen LogP contribution in [-0.2, 0) is 9.59 Å². The fourth-order valence-corrected chi connectivity index (χ4v) is 3.52. The van der Waals surface area contributed by atoms with E-state index in [-0.39, 0.29) is 11.8 Å². The number of rotatable bonds is 13. The molecule has 1 amide bonds. The fourth-order valence-electron chi connectivity index (χ4n) is 3.52. The zero-order chi connectivity index (χ0) is 16.9. The third-order valence-electron chi connectivity index (χ3n) is 4.95. The Hall–Kier alpha value is -1.12. The van der Waals surface area contributed by atoms with Gasteiger partial charge in [0.1, 0.15) is 5.78 Å². The van der Waals surface area contributed by atoms with Gasteiger partial charge < -0.3 is 5.73 Å². The highest BCUT2D eigenvalue weighted by molar-refractivity contribution is 5.83. The van der Waals surface area contributed by atoms with Crippen molar-refractivity contribution in [3.05, 3.63) is 12.2 Å². The van der Waals surface area contributed by atoms with Crippen LogP contribution in [0.1, 0.15) is 90.4 Å². The standard InChI is InChI=1S/C20H35NO2/c1-2-3-4-5-6-9-12-17-15-16-19(22)18(17)13-10-7-8-11-14-20(21)23/h9,12,17-18H,2-8,10-11,13-16H2,1H3,(H2,21,23)/t17-,18+/m0/s1. The van der Waals surface area contributed by atoms with Gasteiger partial charge in [-0.1, -0.05) is 57.6 Å². The summed E-state index contributed by atoms with van der Waals surface area (Å²) in [5.41, 5.74) is 5.14. The molecule has 1 fully saturated rings. The molecule has 2 atom stereocenters. The maximum atomic E-state index is 12.1. The van der Waals surface area contributed by atoms with Gasteiger partial charge in [0.05, 0.1) is 0 Å². The molecule has 0 radical (unpaired) electrons. The number of ketones is 1. The van der Waals surface area contributed by atoms with Crippen molar-refractivity contribution in [2.75, 3.05) is 0 Å². The number of amides is 1. The molecule has 3 nitrogen and oxygen atoms in total. The normalized spacial score (nSPS) is 21.3. The molecule has 2 N–H and O–H groups in total. The third kappa shape index (κ3) is 8.92. The first-order valence-corrected chi connectivity index (χ1v) is 9.62. The Kier molecular flexibility index (Phi) is 10.7. The van der Waals surface area contributed by atoms with Gasteiger partial charge >= 0.3 is 0 Å². The Balaban J connectivity index is 2.19. The van der Waals surface area contributed by atoms with Gasteiger partial charge in [0.25, 0.3) is 0 Å². The Morgan fingerprint density at radius 1 is 1.13 bits per heavy atom. The summed E-state index contributed by atoms with van der Waals surface area (Å²) >= 11 is 0. The first kappa shape index (κ1) is 19.9. The van der Waals surface area contributed by atoms with Crippen LogP contribution in [0.3, 0.4) is 0 Å². The lowest BCUT2D eigenvalue weighted by Crippen LogP contribution is -2.13. The van der Waals surface area contributed by atoms with Crippen LogP contribution in [-0.4, -0.2) is 11.7 Å². The highest BCUT2D eigenvalue weighted by Gasteiger charge is 2.31. The zero-order valence-electron chi connectivity index (χ0n) is 14.9. The van der Waals surface area contributed by atoms with E-state index in [2.05, 4.69) is 19.1 Å². The van der Waals surface area contributed by atoms with Crippen LogP contribution in [0.2, 0.25) is 0 Å². The molecular formula is C20H35NO2. The predicted octanol–water partition coefficient (Wildman–Crippen LogP) is 4.93. The molecule has 0 aliphatic heterocycles. The molecule has 1 aliphatic carbocycles. The molecular weight excluding hydrogens is 286 g/mol. The fraction of sp³-hybridized carbons (Fsp3) is 0.800. The smallest absolute Gasteiger partial charge is 0.217 e. The second kappa shape index (κ2) is 12.3. The van der Waals surface area contributed by atoms with E-state index in [0.29, 0.717) is 18.1 Å². The Morgan fingerprint density at radius 3 is 2.61 bits per heavy atom. The SMILES string of the molecule is CCCCCCC=C[C@H]1CCC(=O)[C@@H]1CCCCCCC(N)=O. The number of carbonyl (C=O) groups excluding carboxylic acids is 2. The Labute approximate surface area is 142 Å². The van der Waals surface area contributed by atoms with Crippen molar-refractivity contribution < 1.29 is 9.59 Å². The van der Waals surface area contributed by atoms with Gasteiger partial charge in [-0.05, 0) is 38.0 Å². The van der Waals surface area contributed by atoms with E-state index in [4.69, 9.17) is 5.73 Å². The van der Waals surface area contributed by atoms with E-state index < -0.39 is 0 Å². The van der Waals surface area contributed by atoms with Crippen LogP contribution in [0.25, 0.3) is 0 Å². The van der Waals surface area contributed by atoms with Crippen LogP contribution in [0, 0.1) is 11.8 Å². The van der Waals surface area contributed by atoms with Crippen LogP contribution in [0.5, 0.6) is 0 Å². The van der Waals surface area contributed by atoms with E-state index in [1.165, 1.54) is 25.7 Å². The number of hydrogen-bond donors (Lipinski definition) is 1. The summed E-state index contributed by atoms with van der Waals surface area (Å²) in [7, 11) is 0. The van der Waals surface area contributed by atoms with Gasteiger partial charge in [0, 0.05) is 18.8 Å². The van der Waals surface area contributed by atoms with Crippen molar-refractivity contribution in [1.29, 1.82) is 0 Å². The minimum atomic E-state index is -0.208. The van der Waals surface area contributed by atoms with E-state index in [1.807, 2.05) is 0 Å². The number of unbranched alkanes of at least 4 members (excludes halogenated alkanes) is 7. The average Bonchev–Trinajstić information content (AvgIpc) is 2.86. The van der Waals surface area contributed by atoms with E-state index in [9.17, 15) is 9.59 Å². The number of hydrogen-bond acceptors (Lipinski definition) is 2. The minimum absolute atomic E-state index is 0.208. The summed E-state index contributed by atoms with van der Waals surface area (Å²) in [5.74, 6) is 0.972. The maximum absolute atomic E-state index is 12.1. The summed E-state index contributed by atoms with van der Waals surface area (Å²) < 4.78 is 0. The molecule has 0 spiro atoms. The first-order valence-electron chi connectivity index (χ1n) is 9.62. The lowest BCUT2D eigenvalue weighted by atomic mass is 9.89. The Morgan fingerprint density at radius 2 is 1.87 bits per heavy atom. The van der Waals surface area contributed by atoms with Gasteiger partial charge in [-0.2, -0.15) is 0 Å². The predicted molar refractivity (Wildman–Crippen MR) is 96.0 cm³/mol. The molecule has 0 unspecified atom stereocenters. The molecule has 0 bridgehead atoms. The summed E-state index contributed by atoms with van der Waals surface area (Å²) in [6.07, 6.45) is 18.4. The van der Waals surface area contributed by atoms with Crippen molar-refractivity contribution in [3.63, 3.8) is 0 Å². The highest BCUT2D eigenvalue weighted by atomic mass is 16.1. The Bertz CT molecular complexity index is 376. The average molecular weight is 322 g/mol. The molecule has 0 saturated heterocycles. The zero-order valence-corrected chi connectivity index (χ0v) is 14.9. The van der Waals surface area contributed by atoms with E-state index >= 15 is 0 Å². The molecule has 0 aromatic heterocycles. The van der Waals surface area contributed by atoms with Gasteiger partial charge in [-0.15, -0.1) is 0 Å². The molecule has 132 valence electrons. The minimum Gasteiger partial charge on any atom is -0.370 e. The molecule has 0 aromatic rings. The third-order valence-corrected chi connectivity index (χ3v) is 4.95. The van der Waals surface area contributed by atoms with Gasteiger partial charge in [-0.25, -0.2) is 0 Å². The largest absolute Gasteiger partial charge is 0.370 e. The quantitative estimate of drug-likeness (QED) is 0.386. The molecule has 1 rings (SSSR count). The molecule has 0 aromatic carbocycles. The summed E-state index contributed by atoms with van der Waals surface area (Å²) in [4.78, 5) is 22.8. The van der Waals surface area contributed by atoms with Crippen molar-refractivity contribution in [2.45, 2.75) is 90.4 Å². The summed E-state index contributed by atoms with van der Waals surface area (Å²) in [6.45, 7) is 2.23. The molecule has 1 saturated carbocycles. The van der Waals surface area contributed by atoms with Crippen molar-refractivity contribution >= 4 is 11.7 Å². The molecule has 0 heterocycles. The number of nitrogens with two attached hydrogens (primary N) is 1. The summed E-state index contributed by atoms with van der Waals surface area (Å²) in [5, 5.41) is 0. The number of allylic oxidation sites excluding steroid dienone is 2. The highest BCUT2D eigenvalue weighted by Crippen LogP contribution is 2.34. The van der Waals surface area contributed by atoms with Gasteiger partial charge in [-0.3, -0.25) is 9.59 Å². The van der Waals surface area contributed by atoms with Crippen LogP contribution >= 0.6 is 0 Å². The monoisotopic (exact) mass is 321 g/mol. The second-order valence-corrected chi connectivity index (χ2v) is 6.97. The topological polar surface area (TPSA) is 60.2 Å². The van der Waals surface area contributed by atoms with Gasteiger partial charge in [0.15, 0.2) is 0 Å². The number of primary amides is 1. The second-order valence-electron chi connectivity index (χ2n) is 6.97. The lowest BCUT2D eigenvalue weighted by molar-refractivity contribution is -0.121. The van der Waals surface area contributed by atoms with Crippen molar-refractivity contribution in [3.8, 4) is 0 Å². The van der Waals surface area contributed by atoms with Crippen LogP contribution in [0.15, 0.2) is 12.2 Å². The lowest BCUT2D eigenvalue weighted by Gasteiger charge is -2.14. The molecule has 23 heavy (non-hydrogen) atoms. The van der Waals surface area contributed by atoms with E-state index in [1.54, 1.807) is 0 Å². The van der Waals surface area contributed by atoms with E-state index in [0.717, 1.165) is 51.4 Å². The van der Waals surface area contributed by atoms with Crippen LogP contribution < -0.4 is 5.73 Å². The number of carbonyl (C=O) groups is 2. The number of Topliss-reactive ketones (excluding diaryl/α,β-unsaturated/α-hetero) is 1. The maximum Gasteiger partial charge on any atom is 0.217 e. The van der Waals surface area contributed by atoms with Gasteiger partial charge in [0.2, 0.25) is 5.91 Å². The summed E-state index contributed by atoms with van der Waals surface area (Å²) in [6, 6.07) is 0.